The molecular weight excluding hydrogens is 245 g/mol. The molecule has 0 aliphatic heterocycles. The zero-order valence-corrected chi connectivity index (χ0v) is 10.7. The summed E-state index contributed by atoms with van der Waals surface area (Å²) in [5, 5.41) is 5.38. The van der Waals surface area contributed by atoms with E-state index in [2.05, 4.69) is 15.6 Å². The number of aryl methyl sites for hydroxylation is 1. The summed E-state index contributed by atoms with van der Waals surface area (Å²) in [5.74, 6) is -0.839. The van der Waals surface area contributed by atoms with Gasteiger partial charge in [0.1, 0.15) is 5.82 Å². The monoisotopic (exact) mass is 259 g/mol. The largest absolute Gasteiger partial charge is 0.385 e. The van der Waals surface area contributed by atoms with E-state index in [0.29, 0.717) is 5.69 Å². The van der Waals surface area contributed by atoms with Crippen molar-refractivity contribution < 1.29 is 9.18 Å². The molecule has 5 heteroatoms. The van der Waals surface area contributed by atoms with Gasteiger partial charge in [-0.2, -0.15) is 0 Å². The molecule has 0 radical (unpaired) electrons. The molecule has 0 unspecified atom stereocenters. The number of anilines is 2. The van der Waals surface area contributed by atoms with E-state index < -0.39 is 5.82 Å². The van der Waals surface area contributed by atoms with Crippen molar-refractivity contribution in [3.63, 3.8) is 0 Å². The number of nitrogens with one attached hydrogen (secondary N) is 2. The maximum absolute atomic E-state index is 13.6. The van der Waals surface area contributed by atoms with E-state index in [1.165, 1.54) is 12.1 Å². The lowest BCUT2D eigenvalue weighted by Crippen LogP contribution is -2.15. The molecule has 98 valence electrons. The fourth-order valence-corrected chi connectivity index (χ4v) is 1.79. The minimum Gasteiger partial charge on any atom is -0.385 e. The van der Waals surface area contributed by atoms with Crippen molar-refractivity contribution in [3.8, 4) is 0 Å². The quantitative estimate of drug-likeness (QED) is 0.891. The van der Waals surface area contributed by atoms with Crippen molar-refractivity contribution in [2.24, 2.45) is 0 Å². The molecule has 2 rings (SSSR count). The van der Waals surface area contributed by atoms with Gasteiger partial charge >= 0.3 is 0 Å². The second kappa shape index (κ2) is 5.48. The average molecular weight is 259 g/mol. The molecule has 0 aliphatic rings. The van der Waals surface area contributed by atoms with E-state index in [-0.39, 0.29) is 17.2 Å². The Hall–Kier alpha value is -2.43. The molecular formula is C14H14FN3O. The van der Waals surface area contributed by atoms with Crippen LogP contribution >= 0.6 is 0 Å². The molecule has 0 spiro atoms. The van der Waals surface area contributed by atoms with Gasteiger partial charge in [0.25, 0.3) is 5.91 Å². The van der Waals surface area contributed by atoms with Crippen molar-refractivity contribution in [3.05, 3.63) is 53.6 Å². The maximum atomic E-state index is 13.6. The van der Waals surface area contributed by atoms with Gasteiger partial charge in [-0.1, -0.05) is 6.07 Å². The highest BCUT2D eigenvalue weighted by atomic mass is 19.1. The van der Waals surface area contributed by atoms with Gasteiger partial charge in [0.15, 0.2) is 0 Å². The highest BCUT2D eigenvalue weighted by molar-refractivity contribution is 6.08. The van der Waals surface area contributed by atoms with Crippen LogP contribution in [0.25, 0.3) is 0 Å². The van der Waals surface area contributed by atoms with Crippen molar-refractivity contribution in [2.75, 3.05) is 17.7 Å². The number of benzene rings is 1. The number of para-hydroxylation sites is 1. The Labute approximate surface area is 110 Å². The number of aromatic nitrogens is 1. The molecule has 2 N–H and O–H groups in total. The van der Waals surface area contributed by atoms with Crippen LogP contribution in [0.15, 0.2) is 36.7 Å². The number of pyridine rings is 1. The second-order valence-electron chi connectivity index (χ2n) is 4.12. The fraction of sp³-hybridized carbons (Fsp3) is 0.143. The van der Waals surface area contributed by atoms with Crippen molar-refractivity contribution in [2.45, 2.75) is 6.92 Å². The van der Waals surface area contributed by atoms with Gasteiger partial charge in [-0.15, -0.1) is 0 Å². The SMILES string of the molecule is CNc1c(F)cccc1C(=O)Nc1cncc(C)c1. The number of amides is 1. The van der Waals surface area contributed by atoms with Crippen LogP contribution in [0.4, 0.5) is 15.8 Å². The van der Waals surface area contributed by atoms with Crippen LogP contribution in [0, 0.1) is 12.7 Å². The zero-order valence-electron chi connectivity index (χ0n) is 10.7. The molecule has 1 aromatic heterocycles. The highest BCUT2D eigenvalue weighted by Crippen LogP contribution is 2.20. The van der Waals surface area contributed by atoms with Gasteiger partial charge in [-0.05, 0) is 30.7 Å². The van der Waals surface area contributed by atoms with Crippen molar-refractivity contribution >= 4 is 17.3 Å². The van der Waals surface area contributed by atoms with E-state index >= 15 is 0 Å². The molecule has 1 amide bonds. The first-order valence-electron chi connectivity index (χ1n) is 5.81. The molecule has 4 nitrogen and oxygen atoms in total. The number of hydrogen-bond acceptors (Lipinski definition) is 3. The number of carbonyl (C=O) groups excluding carboxylic acids is 1. The summed E-state index contributed by atoms with van der Waals surface area (Å²) in [6, 6.07) is 6.16. The lowest BCUT2D eigenvalue weighted by atomic mass is 10.1. The van der Waals surface area contributed by atoms with Gasteiger partial charge in [0, 0.05) is 13.2 Å². The van der Waals surface area contributed by atoms with E-state index in [9.17, 15) is 9.18 Å². The predicted octanol–water partition coefficient (Wildman–Crippen LogP) is 2.82. The summed E-state index contributed by atoms with van der Waals surface area (Å²) in [4.78, 5) is 16.1. The summed E-state index contributed by atoms with van der Waals surface area (Å²) >= 11 is 0. The van der Waals surface area contributed by atoms with Gasteiger partial charge < -0.3 is 10.6 Å². The first-order valence-corrected chi connectivity index (χ1v) is 5.81. The number of nitrogens with zero attached hydrogens (tertiary/aromatic N) is 1. The Bertz CT molecular complexity index is 613. The normalized spacial score (nSPS) is 10.1. The minimum atomic E-state index is -0.461. The van der Waals surface area contributed by atoms with Crippen LogP contribution in [0.3, 0.4) is 0 Å². The minimum absolute atomic E-state index is 0.181. The Morgan fingerprint density at radius 3 is 2.79 bits per heavy atom. The third-order valence-electron chi connectivity index (χ3n) is 2.64. The Kier molecular flexibility index (Phi) is 3.75. The van der Waals surface area contributed by atoms with Crippen LogP contribution in [0.1, 0.15) is 15.9 Å². The molecule has 1 aromatic carbocycles. The molecule has 19 heavy (non-hydrogen) atoms. The van der Waals surface area contributed by atoms with E-state index in [4.69, 9.17) is 0 Å². The number of rotatable bonds is 3. The van der Waals surface area contributed by atoms with Crippen LogP contribution in [-0.2, 0) is 0 Å². The summed E-state index contributed by atoms with van der Waals surface area (Å²) in [6.45, 7) is 1.88. The second-order valence-corrected chi connectivity index (χ2v) is 4.12. The first-order chi connectivity index (χ1) is 9.11. The molecule has 0 bridgehead atoms. The van der Waals surface area contributed by atoms with Gasteiger partial charge in [0.05, 0.1) is 23.1 Å². The maximum Gasteiger partial charge on any atom is 0.257 e. The van der Waals surface area contributed by atoms with Gasteiger partial charge in [0.2, 0.25) is 0 Å². The lowest BCUT2D eigenvalue weighted by molar-refractivity contribution is 0.102. The summed E-state index contributed by atoms with van der Waals surface area (Å²) in [7, 11) is 1.57. The smallest absolute Gasteiger partial charge is 0.257 e. The zero-order chi connectivity index (χ0) is 13.8. The molecule has 1 heterocycles. The molecule has 0 fully saturated rings. The number of carbonyl (C=O) groups is 1. The molecule has 0 atom stereocenters. The Balaban J connectivity index is 2.28. The molecule has 2 aromatic rings. The molecule has 0 aliphatic carbocycles. The van der Waals surface area contributed by atoms with E-state index in [0.717, 1.165) is 5.56 Å². The third-order valence-corrected chi connectivity index (χ3v) is 2.64. The van der Waals surface area contributed by atoms with Crippen LogP contribution in [0.5, 0.6) is 0 Å². The van der Waals surface area contributed by atoms with E-state index in [1.54, 1.807) is 31.6 Å². The standard InChI is InChI=1S/C14H14FN3O/c1-9-6-10(8-17-7-9)18-14(19)11-4-3-5-12(15)13(11)16-2/h3-8,16H,1-2H3,(H,18,19). The molecule has 0 saturated carbocycles. The Morgan fingerprint density at radius 1 is 1.32 bits per heavy atom. The van der Waals surface area contributed by atoms with Crippen LogP contribution in [0.2, 0.25) is 0 Å². The Morgan fingerprint density at radius 2 is 2.11 bits per heavy atom. The number of hydrogen-bond donors (Lipinski definition) is 2. The first kappa shape index (κ1) is 13.0. The van der Waals surface area contributed by atoms with Crippen molar-refractivity contribution in [1.29, 1.82) is 0 Å². The van der Waals surface area contributed by atoms with Gasteiger partial charge in [-0.3, -0.25) is 9.78 Å². The van der Waals surface area contributed by atoms with Crippen LogP contribution < -0.4 is 10.6 Å². The average Bonchev–Trinajstić information content (AvgIpc) is 2.38. The molecule has 0 saturated heterocycles. The number of halogens is 1. The highest BCUT2D eigenvalue weighted by Gasteiger charge is 2.14. The predicted molar refractivity (Wildman–Crippen MR) is 72.9 cm³/mol. The summed E-state index contributed by atoms with van der Waals surface area (Å²) < 4.78 is 13.6. The third kappa shape index (κ3) is 2.88. The van der Waals surface area contributed by atoms with Crippen molar-refractivity contribution in [1.82, 2.24) is 4.98 Å². The van der Waals surface area contributed by atoms with E-state index in [1.807, 2.05) is 6.92 Å². The van der Waals surface area contributed by atoms with Gasteiger partial charge in [-0.25, -0.2) is 4.39 Å². The topological polar surface area (TPSA) is 54.0 Å². The fourth-order valence-electron chi connectivity index (χ4n) is 1.79. The summed E-state index contributed by atoms with van der Waals surface area (Å²) in [6.07, 6.45) is 3.24. The van der Waals surface area contributed by atoms with Crippen LogP contribution in [-0.4, -0.2) is 17.9 Å². The lowest BCUT2D eigenvalue weighted by Gasteiger charge is -2.10. The summed E-state index contributed by atoms with van der Waals surface area (Å²) in [5.41, 5.74) is 1.95.